The van der Waals surface area contributed by atoms with Crippen LogP contribution in [0.15, 0.2) is 72.8 Å². The minimum Gasteiger partial charge on any atom is -0.432 e. The molecule has 1 spiro atoms. The molecule has 48 heavy (non-hydrogen) atoms. The Morgan fingerprint density at radius 2 is 1.79 bits per heavy atom. The van der Waals surface area contributed by atoms with Crippen molar-refractivity contribution in [2.75, 3.05) is 29.5 Å². The fourth-order valence-electron chi connectivity index (χ4n) is 7.61. The molecule has 3 aliphatic rings. The number of aliphatic hydroxyl groups excluding tert-OH is 1. The summed E-state index contributed by atoms with van der Waals surface area (Å²) in [6, 6.07) is 21.0. The van der Waals surface area contributed by atoms with E-state index in [-0.39, 0.29) is 50.2 Å². The highest BCUT2D eigenvalue weighted by Gasteiger charge is 2.66. The Morgan fingerprint density at radius 3 is 2.38 bits per heavy atom. The van der Waals surface area contributed by atoms with Gasteiger partial charge in [-0.05, 0) is 42.4 Å². The summed E-state index contributed by atoms with van der Waals surface area (Å²) in [6.45, 7) is 6.24. The lowest BCUT2D eigenvalue weighted by atomic mass is 9.82. The van der Waals surface area contributed by atoms with Crippen LogP contribution in [-0.2, 0) is 37.8 Å². The van der Waals surface area contributed by atoms with Crippen LogP contribution in [0.5, 0.6) is 0 Å². The molecule has 12 nitrogen and oxygen atoms in total. The maximum atomic E-state index is 14.7. The number of aliphatic hydroxyl groups is 1. The van der Waals surface area contributed by atoms with Crippen molar-refractivity contribution < 1.29 is 33.9 Å². The number of hydrogen-bond donors (Lipinski definition) is 2. The zero-order chi connectivity index (χ0) is 34.4. The van der Waals surface area contributed by atoms with Gasteiger partial charge in [0.15, 0.2) is 13.9 Å². The Kier molecular flexibility index (Phi) is 8.98. The van der Waals surface area contributed by atoms with Crippen LogP contribution >= 0.6 is 0 Å². The summed E-state index contributed by atoms with van der Waals surface area (Å²) < 4.78 is 6.74. The predicted octanol–water partition coefficient (Wildman–Crippen LogP) is 4.09. The van der Waals surface area contributed by atoms with Crippen molar-refractivity contribution in [3.05, 3.63) is 99.6 Å². The summed E-state index contributed by atoms with van der Waals surface area (Å²) in [4.78, 5) is 68.3. The number of fused-ring (bicyclic) bond motifs is 2. The van der Waals surface area contributed by atoms with Gasteiger partial charge < -0.3 is 29.3 Å². The highest BCUT2D eigenvalue weighted by atomic mass is 28.4. The molecule has 0 bridgehead atoms. The molecule has 3 aromatic rings. The van der Waals surface area contributed by atoms with Crippen molar-refractivity contribution in [3.8, 4) is 0 Å². The average molecular weight is 673 g/mol. The fourth-order valence-corrected chi connectivity index (χ4v) is 10.2. The van der Waals surface area contributed by atoms with E-state index in [0.717, 1.165) is 16.8 Å². The van der Waals surface area contributed by atoms with Crippen LogP contribution in [0.1, 0.15) is 36.5 Å². The summed E-state index contributed by atoms with van der Waals surface area (Å²) in [7, 11) is -3.12. The first-order chi connectivity index (χ1) is 22.8. The second-order valence-corrected chi connectivity index (χ2v) is 17.4. The minimum atomic E-state index is -3.12. The van der Waals surface area contributed by atoms with Crippen molar-refractivity contribution in [2.45, 2.75) is 63.2 Å². The van der Waals surface area contributed by atoms with Gasteiger partial charge in [-0.3, -0.25) is 24.5 Å². The highest BCUT2D eigenvalue weighted by Crippen LogP contribution is 2.60. The minimum absolute atomic E-state index is 0.0554. The lowest BCUT2D eigenvalue weighted by Crippen LogP contribution is -2.46. The van der Waals surface area contributed by atoms with Gasteiger partial charge in [-0.25, -0.2) is 0 Å². The molecule has 4 atom stereocenters. The summed E-state index contributed by atoms with van der Waals surface area (Å²) in [5, 5.41) is 21.7. The number of β-lactam (4-membered cyclic amide) rings is 1. The Labute approximate surface area is 279 Å². The third kappa shape index (κ3) is 5.91. The topological polar surface area (TPSA) is 154 Å². The Morgan fingerprint density at radius 1 is 1.08 bits per heavy atom. The Bertz CT molecular complexity index is 1730. The third-order valence-corrected chi connectivity index (χ3v) is 12.4. The molecule has 3 aromatic carbocycles. The maximum Gasteiger partial charge on any atom is 0.269 e. The van der Waals surface area contributed by atoms with E-state index in [4.69, 9.17) is 4.74 Å². The number of nitrogens with zero attached hydrogens (tertiary/aromatic N) is 4. The van der Waals surface area contributed by atoms with E-state index in [9.17, 15) is 34.4 Å². The molecule has 3 aliphatic heterocycles. The molecule has 6 rings (SSSR count). The van der Waals surface area contributed by atoms with Gasteiger partial charge in [0, 0.05) is 60.9 Å². The zero-order valence-corrected chi connectivity index (χ0v) is 28.2. The summed E-state index contributed by atoms with van der Waals surface area (Å²) in [6.07, 6.45) is -0.490. The highest BCUT2D eigenvalue weighted by molar-refractivity contribution is 6.71. The molecule has 13 heteroatoms. The van der Waals surface area contributed by atoms with Gasteiger partial charge >= 0.3 is 0 Å². The van der Waals surface area contributed by atoms with Crippen LogP contribution in [0.3, 0.4) is 0 Å². The lowest BCUT2D eigenvalue weighted by Gasteiger charge is -2.32. The van der Waals surface area contributed by atoms with E-state index < -0.39 is 42.3 Å². The quantitative estimate of drug-likeness (QED) is 0.134. The van der Waals surface area contributed by atoms with E-state index in [0.29, 0.717) is 24.2 Å². The molecule has 0 unspecified atom stereocenters. The number of benzene rings is 3. The smallest absolute Gasteiger partial charge is 0.269 e. The van der Waals surface area contributed by atoms with Gasteiger partial charge in [-0.15, -0.1) is 0 Å². The first kappa shape index (κ1) is 33.5. The van der Waals surface area contributed by atoms with E-state index >= 15 is 0 Å². The van der Waals surface area contributed by atoms with Crippen molar-refractivity contribution in [1.29, 1.82) is 0 Å². The van der Waals surface area contributed by atoms with Crippen LogP contribution in [0, 0.1) is 16.0 Å². The fraction of sp³-hybridized carbons (Fsp3) is 0.400. The number of nitro benzene ring substituents is 1. The molecule has 3 amide bonds. The van der Waals surface area contributed by atoms with Crippen molar-refractivity contribution in [1.82, 2.24) is 4.90 Å². The first-order valence-corrected chi connectivity index (χ1v) is 19.2. The summed E-state index contributed by atoms with van der Waals surface area (Å²) in [5.41, 5.74) is 0.811. The lowest BCUT2D eigenvalue weighted by molar-refractivity contribution is -0.385. The van der Waals surface area contributed by atoms with Gasteiger partial charge in [0.1, 0.15) is 0 Å². The average Bonchev–Trinajstić information content (AvgIpc) is 3.47. The molecular weight excluding hydrogens is 632 g/mol. The number of anilines is 2. The molecule has 0 saturated carbocycles. The number of ether oxygens (including phenoxy) is 1. The van der Waals surface area contributed by atoms with Crippen molar-refractivity contribution in [2.24, 2.45) is 5.92 Å². The van der Waals surface area contributed by atoms with Gasteiger partial charge in [-0.2, -0.15) is 0 Å². The summed E-state index contributed by atoms with van der Waals surface area (Å²) >= 11 is 0. The number of hydrogen-bond acceptors (Lipinski definition) is 8. The van der Waals surface area contributed by atoms with Crippen LogP contribution in [0.25, 0.3) is 0 Å². The SMILES string of the molecule is C[C@H]1[C@H]([Si](C)(C)O)[C@@H](CC(=O)N(CCO)Cc2ccccc2)O[C@]12C(=O)N(Cc1ccc(N3CCC3=O)cc1)c1ccc([N+](=O)[O-])cc12. The van der Waals surface area contributed by atoms with E-state index in [1.165, 1.54) is 17.0 Å². The Hall–Kier alpha value is -4.43. The first-order valence-electron chi connectivity index (χ1n) is 16.2. The molecular formula is C35H40N4O8Si. The van der Waals surface area contributed by atoms with Gasteiger partial charge in [0.25, 0.3) is 11.6 Å². The van der Waals surface area contributed by atoms with E-state index in [1.54, 1.807) is 29.0 Å². The standard InChI is InChI=1S/C35H40N4O8Si/c1-23-33(48(2,3)46)30(20-32(42)36(17-18-40)21-24-7-5-4-6-8-24)47-35(23)28-19-27(39(44)45)13-14-29(28)38(34(35)43)22-25-9-11-26(12-10-25)37-16-15-31(37)41/h4-14,19,23,30,33,40,46H,15-18,20-22H2,1-3H3/t23-,30+,33-,35+/m0/s1. The molecule has 2 saturated heterocycles. The number of nitro groups is 1. The molecule has 0 radical (unpaired) electrons. The van der Waals surface area contributed by atoms with Crippen LogP contribution < -0.4 is 9.80 Å². The molecule has 3 heterocycles. The monoisotopic (exact) mass is 672 g/mol. The molecule has 252 valence electrons. The van der Waals surface area contributed by atoms with E-state index in [2.05, 4.69) is 0 Å². The number of carbonyl (C=O) groups is 3. The number of carbonyl (C=O) groups excluding carboxylic acids is 3. The van der Waals surface area contributed by atoms with Crippen molar-refractivity contribution >= 4 is 43.1 Å². The molecule has 2 fully saturated rings. The van der Waals surface area contributed by atoms with Gasteiger partial charge in [0.05, 0.1) is 36.3 Å². The normalized spacial score (nSPS) is 23.4. The van der Waals surface area contributed by atoms with Crippen molar-refractivity contribution in [3.63, 3.8) is 0 Å². The Balaban J connectivity index is 1.35. The predicted molar refractivity (Wildman–Crippen MR) is 180 cm³/mol. The van der Waals surface area contributed by atoms with Gasteiger partial charge in [0.2, 0.25) is 11.8 Å². The summed E-state index contributed by atoms with van der Waals surface area (Å²) in [5.74, 6) is -1.28. The van der Waals surface area contributed by atoms with E-state index in [1.807, 2.05) is 61.5 Å². The second kappa shape index (κ2) is 12.9. The number of rotatable bonds is 11. The second-order valence-electron chi connectivity index (χ2n) is 13.4. The molecule has 2 N–H and O–H groups in total. The van der Waals surface area contributed by atoms with Crippen LogP contribution in [-0.4, -0.2) is 71.6 Å². The largest absolute Gasteiger partial charge is 0.432 e. The van der Waals surface area contributed by atoms with Gasteiger partial charge in [-0.1, -0.05) is 49.4 Å². The number of amides is 3. The third-order valence-electron chi connectivity index (χ3n) is 9.93. The molecule has 0 aromatic heterocycles. The van der Waals surface area contributed by atoms with Crippen LogP contribution in [0.2, 0.25) is 18.6 Å². The van der Waals surface area contributed by atoms with Crippen LogP contribution in [0.4, 0.5) is 17.1 Å². The zero-order valence-electron chi connectivity index (χ0n) is 27.2. The molecule has 0 aliphatic carbocycles. The number of non-ortho nitro benzene ring substituents is 1. The maximum absolute atomic E-state index is 14.7.